The molecule has 2 aliphatic rings. The number of benzene rings is 4. The Morgan fingerprint density at radius 2 is 1.17 bits per heavy atom. The van der Waals surface area contributed by atoms with Gasteiger partial charge in [0.25, 0.3) is 0 Å². The van der Waals surface area contributed by atoms with Crippen LogP contribution < -0.4 is 9.47 Å². The fourth-order valence-electron chi connectivity index (χ4n) is 4.63. The Labute approximate surface area is 185 Å². The van der Waals surface area contributed by atoms with Gasteiger partial charge in [-0.2, -0.15) is 0 Å². The van der Waals surface area contributed by atoms with Crippen molar-refractivity contribution in [3.8, 4) is 23.0 Å². The second-order valence-electron chi connectivity index (χ2n) is 7.20. The van der Waals surface area contributed by atoms with Crippen LogP contribution in [-0.2, 0) is 5.41 Å². The van der Waals surface area contributed by atoms with Gasteiger partial charge in [0, 0.05) is 26.7 Å². The summed E-state index contributed by atoms with van der Waals surface area (Å²) in [7, 11) is 0. The van der Waals surface area contributed by atoms with Crippen LogP contribution in [0.25, 0.3) is 0 Å². The average Bonchev–Trinajstić information content (AvgIpc) is 2.74. The molecular formula is C25H14Br2O2. The van der Waals surface area contributed by atoms with E-state index < -0.39 is 5.41 Å². The van der Waals surface area contributed by atoms with E-state index >= 15 is 0 Å². The van der Waals surface area contributed by atoms with Crippen molar-refractivity contribution in [3.63, 3.8) is 0 Å². The Kier molecular flexibility index (Phi) is 3.71. The van der Waals surface area contributed by atoms with E-state index in [4.69, 9.17) is 9.47 Å². The van der Waals surface area contributed by atoms with Gasteiger partial charge in [-0.05, 0) is 46.3 Å². The zero-order chi connectivity index (χ0) is 19.6. The number of para-hydroxylation sites is 3. The smallest absolute Gasteiger partial charge is 0.146 e. The van der Waals surface area contributed by atoms with Crippen molar-refractivity contribution in [2.45, 2.75) is 5.41 Å². The van der Waals surface area contributed by atoms with Crippen LogP contribution in [0.5, 0.6) is 23.0 Å². The largest absolute Gasteiger partial charge is 0.457 e. The molecule has 0 radical (unpaired) electrons. The lowest BCUT2D eigenvalue weighted by Crippen LogP contribution is -2.36. The first-order valence-corrected chi connectivity index (χ1v) is 10.9. The van der Waals surface area contributed by atoms with Gasteiger partial charge in [0.2, 0.25) is 0 Å². The summed E-state index contributed by atoms with van der Waals surface area (Å²) in [6.45, 7) is 0. The van der Waals surface area contributed by atoms with Crippen LogP contribution >= 0.6 is 31.9 Å². The second kappa shape index (κ2) is 6.22. The van der Waals surface area contributed by atoms with E-state index in [0.29, 0.717) is 0 Å². The molecular weight excluding hydrogens is 492 g/mol. The zero-order valence-corrected chi connectivity index (χ0v) is 18.3. The van der Waals surface area contributed by atoms with Crippen LogP contribution in [0, 0.1) is 0 Å². The molecule has 0 N–H and O–H groups in total. The van der Waals surface area contributed by atoms with Gasteiger partial charge in [-0.1, -0.05) is 70.5 Å². The molecule has 0 aromatic heterocycles. The minimum Gasteiger partial charge on any atom is -0.457 e. The molecule has 0 bridgehead atoms. The van der Waals surface area contributed by atoms with Gasteiger partial charge in [-0.25, -0.2) is 0 Å². The molecule has 29 heavy (non-hydrogen) atoms. The quantitative estimate of drug-likeness (QED) is 0.209. The SMILES string of the molecule is Brc1ccc2c(c1)Oc1ccccc1C21c2ccccc2Oc2c(Br)cccc21. The number of fused-ring (bicyclic) bond motifs is 8. The third-order valence-corrected chi connectivity index (χ3v) is 6.85. The number of ether oxygens (including phenoxy) is 2. The maximum atomic E-state index is 6.39. The highest BCUT2D eigenvalue weighted by Gasteiger charge is 2.50. The summed E-state index contributed by atoms with van der Waals surface area (Å²) in [6, 6.07) is 29.1. The molecule has 0 amide bonds. The van der Waals surface area contributed by atoms with Crippen molar-refractivity contribution in [2.24, 2.45) is 0 Å². The molecule has 1 atom stereocenters. The van der Waals surface area contributed by atoms with Gasteiger partial charge >= 0.3 is 0 Å². The normalized spacial score (nSPS) is 18.0. The molecule has 0 fully saturated rings. The van der Waals surface area contributed by atoms with Gasteiger partial charge in [0.15, 0.2) is 0 Å². The van der Waals surface area contributed by atoms with E-state index in [1.54, 1.807) is 0 Å². The maximum Gasteiger partial charge on any atom is 0.146 e. The molecule has 1 unspecified atom stereocenters. The van der Waals surface area contributed by atoms with E-state index in [-0.39, 0.29) is 0 Å². The van der Waals surface area contributed by atoms with Crippen LogP contribution in [0.4, 0.5) is 0 Å². The van der Waals surface area contributed by atoms with E-state index in [2.05, 4.69) is 80.4 Å². The molecule has 2 heterocycles. The second-order valence-corrected chi connectivity index (χ2v) is 8.97. The third kappa shape index (κ3) is 2.27. The molecule has 4 aromatic rings. The standard InChI is InChI=1S/C25H14Br2O2/c26-15-12-13-18-23(14-15)28-21-10-3-1-6-16(21)25(18)17-7-2-4-11-22(17)29-24-19(25)8-5-9-20(24)27/h1-14H. The predicted octanol–water partition coefficient (Wildman–Crippen LogP) is 7.81. The first-order chi connectivity index (χ1) is 14.2. The van der Waals surface area contributed by atoms with E-state index in [1.165, 1.54) is 0 Å². The van der Waals surface area contributed by atoms with Crippen molar-refractivity contribution in [2.75, 3.05) is 0 Å². The Bertz CT molecular complexity index is 1280. The average molecular weight is 506 g/mol. The Morgan fingerprint density at radius 3 is 1.93 bits per heavy atom. The molecule has 0 saturated carbocycles. The Balaban J connectivity index is 1.85. The summed E-state index contributed by atoms with van der Waals surface area (Å²) in [4.78, 5) is 0. The van der Waals surface area contributed by atoms with Gasteiger partial charge < -0.3 is 9.47 Å². The lowest BCUT2D eigenvalue weighted by molar-refractivity contribution is 0.398. The monoisotopic (exact) mass is 504 g/mol. The van der Waals surface area contributed by atoms with Gasteiger partial charge in [-0.3, -0.25) is 0 Å². The van der Waals surface area contributed by atoms with Crippen molar-refractivity contribution < 1.29 is 9.47 Å². The molecule has 1 spiro atoms. The maximum absolute atomic E-state index is 6.39. The molecule has 2 nitrogen and oxygen atoms in total. The van der Waals surface area contributed by atoms with E-state index in [9.17, 15) is 0 Å². The molecule has 2 aliphatic heterocycles. The lowest BCUT2D eigenvalue weighted by atomic mass is 9.62. The van der Waals surface area contributed by atoms with Crippen LogP contribution in [0.1, 0.15) is 22.3 Å². The van der Waals surface area contributed by atoms with Crippen LogP contribution in [0.15, 0.2) is 93.9 Å². The van der Waals surface area contributed by atoms with E-state index in [1.807, 2.05) is 36.4 Å². The zero-order valence-electron chi connectivity index (χ0n) is 15.2. The molecule has 0 aliphatic carbocycles. The molecule has 4 aromatic carbocycles. The highest BCUT2D eigenvalue weighted by Crippen LogP contribution is 2.62. The number of hydrogen-bond donors (Lipinski definition) is 0. The van der Waals surface area contributed by atoms with Gasteiger partial charge in [0.05, 0.1) is 9.89 Å². The first kappa shape index (κ1) is 17.3. The number of hydrogen-bond acceptors (Lipinski definition) is 2. The van der Waals surface area contributed by atoms with Crippen LogP contribution in [0.3, 0.4) is 0 Å². The summed E-state index contributed by atoms with van der Waals surface area (Å²) in [5.74, 6) is 3.41. The summed E-state index contributed by atoms with van der Waals surface area (Å²) in [5, 5.41) is 0. The van der Waals surface area contributed by atoms with Crippen molar-refractivity contribution in [1.29, 1.82) is 0 Å². The van der Waals surface area contributed by atoms with Crippen LogP contribution in [-0.4, -0.2) is 0 Å². The van der Waals surface area contributed by atoms with Crippen molar-refractivity contribution in [1.82, 2.24) is 0 Å². The van der Waals surface area contributed by atoms with E-state index in [0.717, 1.165) is 54.2 Å². The lowest BCUT2D eigenvalue weighted by Gasteiger charge is -2.45. The Morgan fingerprint density at radius 1 is 0.552 bits per heavy atom. The highest BCUT2D eigenvalue weighted by molar-refractivity contribution is 9.10. The number of halogens is 2. The predicted molar refractivity (Wildman–Crippen MR) is 120 cm³/mol. The minimum atomic E-state index is -0.529. The number of rotatable bonds is 0. The van der Waals surface area contributed by atoms with Crippen molar-refractivity contribution in [3.05, 3.63) is 116 Å². The summed E-state index contributed by atoms with van der Waals surface area (Å²) in [5.41, 5.74) is 3.91. The molecule has 4 heteroatoms. The van der Waals surface area contributed by atoms with Gasteiger partial charge in [0.1, 0.15) is 23.0 Å². The van der Waals surface area contributed by atoms with Crippen LogP contribution in [0.2, 0.25) is 0 Å². The van der Waals surface area contributed by atoms with Crippen molar-refractivity contribution >= 4 is 31.9 Å². The third-order valence-electron chi connectivity index (χ3n) is 5.73. The summed E-state index contributed by atoms with van der Waals surface area (Å²) < 4.78 is 14.7. The topological polar surface area (TPSA) is 18.5 Å². The highest BCUT2D eigenvalue weighted by atomic mass is 79.9. The fraction of sp³-hybridized carbons (Fsp3) is 0.0400. The molecule has 6 rings (SSSR count). The first-order valence-electron chi connectivity index (χ1n) is 9.33. The molecule has 140 valence electrons. The summed E-state index contributed by atoms with van der Waals surface area (Å²) in [6.07, 6.45) is 0. The molecule has 0 saturated heterocycles. The minimum absolute atomic E-state index is 0.529. The fourth-order valence-corrected chi connectivity index (χ4v) is 5.42. The summed E-state index contributed by atoms with van der Waals surface area (Å²) >= 11 is 7.32. The Hall–Kier alpha value is -2.56. The van der Waals surface area contributed by atoms with Gasteiger partial charge in [-0.15, -0.1) is 0 Å².